The van der Waals surface area contributed by atoms with Gasteiger partial charge in [-0.05, 0) is 25.5 Å². The summed E-state index contributed by atoms with van der Waals surface area (Å²) in [6.07, 6.45) is -1.67. The fraction of sp³-hybridized carbons (Fsp3) is 0.250. The number of alkyl halides is 3. The van der Waals surface area contributed by atoms with Crippen molar-refractivity contribution in [3.63, 3.8) is 0 Å². The molecule has 176 valence electrons. The molecule has 0 aliphatic carbocycles. The summed E-state index contributed by atoms with van der Waals surface area (Å²) in [5.74, 6) is -1.34. The highest BCUT2D eigenvalue weighted by Gasteiger charge is 2.32. The molecule has 3 N–H and O–H groups in total. The highest BCUT2D eigenvalue weighted by Crippen LogP contribution is 2.29. The van der Waals surface area contributed by atoms with E-state index in [-0.39, 0.29) is 28.7 Å². The van der Waals surface area contributed by atoms with Crippen LogP contribution in [0.5, 0.6) is 0 Å². The third-order valence-electron chi connectivity index (χ3n) is 4.77. The Morgan fingerprint density at radius 3 is 2.71 bits per heavy atom. The van der Waals surface area contributed by atoms with Gasteiger partial charge in [-0.25, -0.2) is 19.9 Å². The van der Waals surface area contributed by atoms with Crippen molar-refractivity contribution in [2.24, 2.45) is 0 Å². The number of hydrogen-bond donors (Lipinski definition) is 3. The first-order chi connectivity index (χ1) is 16.1. The number of hydrogen-bond acceptors (Lipinski definition) is 8. The minimum Gasteiger partial charge on any atom is -0.342 e. The first-order valence-corrected chi connectivity index (χ1v) is 10.7. The Labute approximate surface area is 194 Å². The summed E-state index contributed by atoms with van der Waals surface area (Å²) in [5, 5.41) is 8.04. The van der Waals surface area contributed by atoms with Crippen LogP contribution in [0.1, 0.15) is 55.8 Å². The van der Waals surface area contributed by atoms with Crippen LogP contribution in [0.2, 0.25) is 0 Å². The number of thiazole rings is 1. The predicted molar refractivity (Wildman–Crippen MR) is 114 cm³/mol. The van der Waals surface area contributed by atoms with Crippen molar-refractivity contribution in [1.29, 1.82) is 0 Å². The molecule has 0 fully saturated rings. The van der Waals surface area contributed by atoms with Crippen molar-refractivity contribution in [3.8, 4) is 0 Å². The van der Waals surface area contributed by atoms with E-state index >= 15 is 0 Å². The van der Waals surface area contributed by atoms with Crippen LogP contribution in [0.4, 0.5) is 24.8 Å². The fourth-order valence-electron chi connectivity index (χ4n) is 3.15. The number of halogens is 3. The summed E-state index contributed by atoms with van der Waals surface area (Å²) in [4.78, 5) is 52.4. The highest BCUT2D eigenvalue weighted by molar-refractivity contribution is 7.13. The summed E-state index contributed by atoms with van der Waals surface area (Å²) in [6, 6.07) is 2.57. The number of rotatable bonds is 5. The maximum absolute atomic E-state index is 12.8. The second kappa shape index (κ2) is 9.13. The van der Waals surface area contributed by atoms with Crippen LogP contribution in [-0.2, 0) is 17.4 Å². The van der Waals surface area contributed by atoms with E-state index in [1.54, 1.807) is 6.92 Å². The lowest BCUT2D eigenvalue weighted by Crippen LogP contribution is -2.30. The minimum atomic E-state index is -4.64. The number of carbonyl (C=O) groups excluding carboxylic acids is 3. The van der Waals surface area contributed by atoms with Crippen molar-refractivity contribution in [1.82, 2.24) is 25.3 Å². The zero-order valence-electron chi connectivity index (χ0n) is 17.4. The first kappa shape index (κ1) is 23.2. The fourth-order valence-corrected chi connectivity index (χ4v) is 3.96. The Morgan fingerprint density at radius 1 is 1.15 bits per heavy atom. The SMILES string of the molecule is CC(NC(=O)c1ncnc2c1CCC(=O)N2)c1ncc(C(=O)Nc2cccc(C(F)(F)F)n2)s1. The first-order valence-electron chi connectivity index (χ1n) is 9.87. The molecule has 14 heteroatoms. The van der Waals surface area contributed by atoms with Crippen LogP contribution in [0.25, 0.3) is 0 Å². The molecule has 4 heterocycles. The number of carbonyl (C=O) groups is 3. The van der Waals surface area contributed by atoms with Crippen LogP contribution < -0.4 is 16.0 Å². The summed E-state index contributed by atoms with van der Waals surface area (Å²) >= 11 is 0.967. The van der Waals surface area contributed by atoms with Gasteiger partial charge in [0.1, 0.15) is 39.2 Å². The molecule has 1 unspecified atom stereocenters. The molecule has 0 bridgehead atoms. The normalized spacial score (nSPS) is 14.1. The number of pyridine rings is 1. The van der Waals surface area contributed by atoms with Gasteiger partial charge in [-0.1, -0.05) is 6.07 Å². The van der Waals surface area contributed by atoms with Crippen molar-refractivity contribution in [3.05, 3.63) is 57.6 Å². The molecule has 3 amide bonds. The van der Waals surface area contributed by atoms with Gasteiger partial charge in [0.25, 0.3) is 11.8 Å². The van der Waals surface area contributed by atoms with Crippen molar-refractivity contribution in [2.75, 3.05) is 10.6 Å². The molecule has 3 aromatic rings. The maximum atomic E-state index is 12.8. The predicted octanol–water partition coefficient (Wildman–Crippen LogP) is 2.97. The lowest BCUT2D eigenvalue weighted by Gasteiger charge is -2.18. The largest absolute Gasteiger partial charge is 0.433 e. The molecule has 1 aliphatic heterocycles. The summed E-state index contributed by atoms with van der Waals surface area (Å²) in [7, 11) is 0. The lowest BCUT2D eigenvalue weighted by atomic mass is 10.0. The number of nitrogens with zero attached hydrogens (tertiary/aromatic N) is 4. The Kier molecular flexibility index (Phi) is 6.24. The molecule has 4 rings (SSSR count). The third kappa shape index (κ3) is 5.01. The van der Waals surface area contributed by atoms with Gasteiger partial charge in [0, 0.05) is 12.0 Å². The summed E-state index contributed by atoms with van der Waals surface area (Å²) in [6.45, 7) is 1.65. The minimum absolute atomic E-state index is 0.123. The molecule has 0 radical (unpaired) electrons. The molecule has 34 heavy (non-hydrogen) atoms. The maximum Gasteiger partial charge on any atom is 0.433 e. The Bertz CT molecular complexity index is 1280. The van der Waals surface area contributed by atoms with E-state index in [2.05, 4.69) is 35.9 Å². The monoisotopic (exact) mass is 491 g/mol. The van der Waals surface area contributed by atoms with Gasteiger partial charge < -0.3 is 16.0 Å². The molecule has 0 spiro atoms. The molecular weight excluding hydrogens is 475 g/mol. The van der Waals surface area contributed by atoms with Gasteiger partial charge in [0.15, 0.2) is 0 Å². The lowest BCUT2D eigenvalue weighted by molar-refractivity contribution is -0.141. The Balaban J connectivity index is 1.43. The van der Waals surface area contributed by atoms with Gasteiger partial charge >= 0.3 is 6.18 Å². The topological polar surface area (TPSA) is 139 Å². The van der Waals surface area contributed by atoms with E-state index in [4.69, 9.17) is 0 Å². The van der Waals surface area contributed by atoms with E-state index in [1.807, 2.05) is 0 Å². The Morgan fingerprint density at radius 2 is 1.94 bits per heavy atom. The molecule has 1 aliphatic rings. The van der Waals surface area contributed by atoms with Crippen LogP contribution in [0, 0.1) is 0 Å². The Hall–Kier alpha value is -3.94. The average Bonchev–Trinajstić information content (AvgIpc) is 3.29. The molecule has 0 aromatic carbocycles. The molecule has 10 nitrogen and oxygen atoms in total. The van der Waals surface area contributed by atoms with E-state index in [0.29, 0.717) is 22.8 Å². The quantitative estimate of drug-likeness (QED) is 0.499. The second-order valence-electron chi connectivity index (χ2n) is 7.22. The number of anilines is 2. The van der Waals surface area contributed by atoms with Gasteiger partial charge in [0.05, 0.1) is 12.2 Å². The molecular formula is C20H16F3N7O3S. The standard InChI is InChI=1S/C20H16F3N7O3S/c1-9(27-18(33)15-10-5-6-14(31)30-16(10)26-8-25-15)19-24-7-11(34-19)17(32)29-13-4-2-3-12(28-13)20(21,22)23/h2-4,7-9H,5-6H2,1H3,(H,27,33)(H,28,29,32)(H,25,26,30,31). The summed E-state index contributed by atoms with van der Waals surface area (Å²) < 4.78 is 38.4. The number of aromatic nitrogens is 4. The highest BCUT2D eigenvalue weighted by atomic mass is 32.1. The van der Waals surface area contributed by atoms with Crippen LogP contribution >= 0.6 is 11.3 Å². The van der Waals surface area contributed by atoms with Gasteiger partial charge in [0.2, 0.25) is 5.91 Å². The summed E-state index contributed by atoms with van der Waals surface area (Å²) in [5.41, 5.74) is -0.473. The molecule has 3 aromatic heterocycles. The van der Waals surface area contributed by atoms with Gasteiger partial charge in [-0.15, -0.1) is 11.3 Å². The average molecular weight is 491 g/mol. The smallest absolute Gasteiger partial charge is 0.342 e. The zero-order valence-corrected chi connectivity index (χ0v) is 18.3. The van der Waals surface area contributed by atoms with Crippen molar-refractivity contribution >= 4 is 40.7 Å². The van der Waals surface area contributed by atoms with Crippen molar-refractivity contribution < 1.29 is 27.6 Å². The molecule has 1 atom stereocenters. The van der Waals surface area contributed by atoms with E-state index in [0.717, 1.165) is 23.5 Å². The number of fused-ring (bicyclic) bond motifs is 1. The van der Waals surface area contributed by atoms with Crippen LogP contribution in [0.3, 0.4) is 0 Å². The van der Waals surface area contributed by atoms with Crippen LogP contribution in [-0.4, -0.2) is 37.7 Å². The van der Waals surface area contributed by atoms with E-state index in [1.165, 1.54) is 18.6 Å². The zero-order chi connectivity index (χ0) is 24.5. The number of amides is 3. The van der Waals surface area contributed by atoms with Crippen LogP contribution in [0.15, 0.2) is 30.7 Å². The van der Waals surface area contributed by atoms with Gasteiger partial charge in [-0.2, -0.15) is 13.2 Å². The van der Waals surface area contributed by atoms with Crippen molar-refractivity contribution in [2.45, 2.75) is 32.0 Å². The second-order valence-corrected chi connectivity index (χ2v) is 8.28. The van der Waals surface area contributed by atoms with Gasteiger partial charge in [-0.3, -0.25) is 14.4 Å². The van der Waals surface area contributed by atoms with E-state index < -0.39 is 29.7 Å². The van der Waals surface area contributed by atoms with E-state index in [9.17, 15) is 27.6 Å². The number of nitrogens with one attached hydrogen (secondary N) is 3. The molecule has 0 saturated carbocycles. The molecule has 0 saturated heterocycles. The third-order valence-corrected chi connectivity index (χ3v) is 5.95.